The number of allylic oxidation sites excluding steroid dienone is 2. The summed E-state index contributed by atoms with van der Waals surface area (Å²) in [4.78, 5) is 0. The van der Waals surface area contributed by atoms with E-state index in [1.807, 2.05) is 12.2 Å². The Balaban J connectivity index is 2.42. The Bertz CT molecular complexity index is 168. The minimum absolute atomic E-state index is 0.144. The van der Waals surface area contributed by atoms with Crippen molar-refractivity contribution in [2.75, 3.05) is 13.2 Å². The molecule has 0 atom stereocenters. The number of hydrogen-bond donors (Lipinski definition) is 2. The molecule has 0 amide bonds. The molecule has 2 nitrogen and oxygen atoms in total. The van der Waals surface area contributed by atoms with Gasteiger partial charge in [-0.2, -0.15) is 0 Å². The van der Waals surface area contributed by atoms with Crippen LogP contribution in [0.3, 0.4) is 0 Å². The zero-order valence-corrected chi connectivity index (χ0v) is 5.88. The molecule has 1 rings (SSSR count). The van der Waals surface area contributed by atoms with Crippen molar-refractivity contribution in [1.82, 2.24) is 0 Å². The Labute approximate surface area is 60.5 Å². The molecule has 0 spiro atoms. The molecule has 56 valence electrons. The molecule has 1 aliphatic rings. The summed E-state index contributed by atoms with van der Waals surface area (Å²) < 4.78 is 0. The maximum Gasteiger partial charge on any atom is 0.0647 e. The van der Waals surface area contributed by atoms with Crippen LogP contribution in [0.4, 0.5) is 0 Å². The van der Waals surface area contributed by atoms with Crippen molar-refractivity contribution in [3.05, 3.63) is 23.3 Å². The van der Waals surface area contributed by atoms with Gasteiger partial charge in [-0.05, 0) is 24.0 Å². The standard InChI is InChI=1S/C8H12O2/c9-4-3-7-1-2-8(5-7)6-10/h1,5,9-10H,2-4,6H2. The molecule has 2 heteroatoms. The zero-order valence-electron chi connectivity index (χ0n) is 5.88. The Kier molecular flexibility index (Phi) is 2.66. The predicted octanol–water partition coefficient (Wildman–Crippen LogP) is 0.618. The van der Waals surface area contributed by atoms with Crippen LogP contribution in [0.2, 0.25) is 0 Å². The lowest BCUT2D eigenvalue weighted by Gasteiger charge is -1.92. The third kappa shape index (κ3) is 1.69. The molecule has 0 bridgehead atoms. The molecule has 2 N–H and O–H groups in total. The fraction of sp³-hybridized carbons (Fsp3) is 0.500. The van der Waals surface area contributed by atoms with Gasteiger partial charge in [0.25, 0.3) is 0 Å². The van der Waals surface area contributed by atoms with E-state index in [9.17, 15) is 0 Å². The Morgan fingerprint density at radius 2 is 2.20 bits per heavy atom. The van der Waals surface area contributed by atoms with Crippen molar-refractivity contribution in [3.8, 4) is 0 Å². The third-order valence-electron chi connectivity index (χ3n) is 1.62. The van der Waals surface area contributed by atoms with Gasteiger partial charge in [0.05, 0.1) is 6.61 Å². The van der Waals surface area contributed by atoms with Gasteiger partial charge in [0.15, 0.2) is 0 Å². The van der Waals surface area contributed by atoms with Gasteiger partial charge in [-0.15, -0.1) is 0 Å². The average Bonchev–Trinajstić information content (AvgIpc) is 2.37. The van der Waals surface area contributed by atoms with Crippen molar-refractivity contribution < 1.29 is 10.2 Å². The van der Waals surface area contributed by atoms with Gasteiger partial charge in [-0.3, -0.25) is 0 Å². The maximum absolute atomic E-state index is 8.69. The minimum Gasteiger partial charge on any atom is -0.396 e. The number of hydrogen-bond acceptors (Lipinski definition) is 2. The van der Waals surface area contributed by atoms with E-state index in [0.29, 0.717) is 6.42 Å². The second kappa shape index (κ2) is 3.54. The lowest BCUT2D eigenvalue weighted by Crippen LogP contribution is -1.85. The van der Waals surface area contributed by atoms with Gasteiger partial charge in [0.2, 0.25) is 0 Å². The van der Waals surface area contributed by atoms with Crippen LogP contribution in [-0.4, -0.2) is 23.4 Å². The minimum atomic E-state index is 0.144. The SMILES string of the molecule is OCCC1=CCC(CO)=C1. The molecular formula is C8H12O2. The fourth-order valence-corrected chi connectivity index (χ4v) is 1.06. The number of aliphatic hydroxyl groups excluding tert-OH is 2. The summed E-state index contributed by atoms with van der Waals surface area (Å²) in [6, 6.07) is 0. The fourth-order valence-electron chi connectivity index (χ4n) is 1.06. The molecule has 0 saturated heterocycles. The summed E-state index contributed by atoms with van der Waals surface area (Å²) in [5.41, 5.74) is 2.19. The molecule has 0 aromatic rings. The van der Waals surface area contributed by atoms with Crippen LogP contribution in [0.5, 0.6) is 0 Å². The summed E-state index contributed by atoms with van der Waals surface area (Å²) >= 11 is 0. The highest BCUT2D eigenvalue weighted by Gasteiger charge is 2.03. The zero-order chi connectivity index (χ0) is 7.40. The average molecular weight is 140 g/mol. The molecular weight excluding hydrogens is 128 g/mol. The summed E-state index contributed by atoms with van der Waals surface area (Å²) in [6.07, 6.45) is 5.56. The first-order valence-corrected chi connectivity index (χ1v) is 3.47. The topological polar surface area (TPSA) is 40.5 Å². The van der Waals surface area contributed by atoms with Crippen molar-refractivity contribution in [2.24, 2.45) is 0 Å². The predicted molar refractivity (Wildman–Crippen MR) is 39.6 cm³/mol. The van der Waals surface area contributed by atoms with Gasteiger partial charge in [0.1, 0.15) is 0 Å². The monoisotopic (exact) mass is 140 g/mol. The van der Waals surface area contributed by atoms with E-state index in [2.05, 4.69) is 0 Å². The molecule has 0 radical (unpaired) electrons. The van der Waals surface area contributed by atoms with Gasteiger partial charge >= 0.3 is 0 Å². The smallest absolute Gasteiger partial charge is 0.0647 e. The molecule has 0 unspecified atom stereocenters. The first-order valence-electron chi connectivity index (χ1n) is 3.47. The van der Waals surface area contributed by atoms with Crippen LogP contribution >= 0.6 is 0 Å². The summed E-state index contributed by atoms with van der Waals surface area (Å²) in [5.74, 6) is 0. The molecule has 10 heavy (non-hydrogen) atoms. The molecule has 0 heterocycles. The van der Waals surface area contributed by atoms with Crippen LogP contribution in [0.25, 0.3) is 0 Å². The number of rotatable bonds is 3. The molecule has 0 fully saturated rings. The van der Waals surface area contributed by atoms with Crippen LogP contribution in [-0.2, 0) is 0 Å². The highest BCUT2D eigenvalue weighted by Crippen LogP contribution is 2.18. The summed E-state index contributed by atoms with van der Waals surface area (Å²) in [5, 5.41) is 17.2. The van der Waals surface area contributed by atoms with Gasteiger partial charge in [-0.25, -0.2) is 0 Å². The Hall–Kier alpha value is -0.600. The van der Waals surface area contributed by atoms with E-state index in [0.717, 1.165) is 17.6 Å². The summed E-state index contributed by atoms with van der Waals surface area (Å²) in [7, 11) is 0. The highest BCUT2D eigenvalue weighted by molar-refractivity contribution is 5.32. The van der Waals surface area contributed by atoms with Gasteiger partial charge < -0.3 is 10.2 Å². The lowest BCUT2D eigenvalue weighted by molar-refractivity contribution is 0.300. The second-order valence-corrected chi connectivity index (χ2v) is 2.42. The van der Waals surface area contributed by atoms with Crippen LogP contribution < -0.4 is 0 Å². The van der Waals surface area contributed by atoms with Crippen LogP contribution in [0.1, 0.15) is 12.8 Å². The van der Waals surface area contributed by atoms with Crippen molar-refractivity contribution in [1.29, 1.82) is 0 Å². The summed E-state index contributed by atoms with van der Waals surface area (Å²) in [6.45, 7) is 0.340. The Morgan fingerprint density at radius 1 is 1.40 bits per heavy atom. The van der Waals surface area contributed by atoms with Gasteiger partial charge in [-0.1, -0.05) is 12.2 Å². The van der Waals surface area contributed by atoms with Crippen LogP contribution in [0.15, 0.2) is 23.3 Å². The van der Waals surface area contributed by atoms with Gasteiger partial charge in [0, 0.05) is 6.61 Å². The largest absolute Gasteiger partial charge is 0.396 e. The van der Waals surface area contributed by atoms with E-state index in [4.69, 9.17) is 10.2 Å². The maximum atomic E-state index is 8.69. The highest BCUT2D eigenvalue weighted by atomic mass is 16.3. The van der Waals surface area contributed by atoms with E-state index in [1.54, 1.807) is 0 Å². The van der Waals surface area contributed by atoms with E-state index in [-0.39, 0.29) is 13.2 Å². The van der Waals surface area contributed by atoms with E-state index in [1.165, 1.54) is 0 Å². The molecule has 0 aromatic heterocycles. The van der Waals surface area contributed by atoms with Crippen molar-refractivity contribution in [2.45, 2.75) is 12.8 Å². The molecule has 0 saturated carbocycles. The third-order valence-corrected chi connectivity index (χ3v) is 1.62. The van der Waals surface area contributed by atoms with Crippen molar-refractivity contribution >= 4 is 0 Å². The quantitative estimate of drug-likeness (QED) is 0.603. The molecule has 1 aliphatic carbocycles. The first kappa shape index (κ1) is 7.51. The normalized spacial score (nSPS) is 17.0. The Morgan fingerprint density at radius 3 is 2.70 bits per heavy atom. The van der Waals surface area contributed by atoms with Crippen LogP contribution in [0, 0.1) is 0 Å². The van der Waals surface area contributed by atoms with E-state index >= 15 is 0 Å². The second-order valence-electron chi connectivity index (χ2n) is 2.42. The number of aliphatic hydroxyl groups is 2. The molecule has 0 aliphatic heterocycles. The first-order chi connectivity index (χ1) is 4.86. The molecule has 0 aromatic carbocycles. The van der Waals surface area contributed by atoms with E-state index < -0.39 is 0 Å². The lowest BCUT2D eigenvalue weighted by atomic mass is 10.2. The van der Waals surface area contributed by atoms with Crippen molar-refractivity contribution in [3.63, 3.8) is 0 Å².